The molecule has 4 aliphatic carbocycles. The van der Waals surface area contributed by atoms with Crippen molar-refractivity contribution < 1.29 is 19.1 Å². The van der Waals surface area contributed by atoms with Gasteiger partial charge in [-0.2, -0.15) is 0 Å². The molecule has 2 aromatic rings. The summed E-state index contributed by atoms with van der Waals surface area (Å²) < 4.78 is 5.98. The topological polar surface area (TPSA) is 63.7 Å². The summed E-state index contributed by atoms with van der Waals surface area (Å²) >= 11 is 0. The third kappa shape index (κ3) is 3.55. The summed E-state index contributed by atoms with van der Waals surface area (Å²) in [4.78, 5) is 42.6. The molecule has 5 heteroatoms. The maximum atomic E-state index is 13.8. The molecule has 1 aliphatic heterocycles. The van der Waals surface area contributed by atoms with E-state index in [-0.39, 0.29) is 47.8 Å². The zero-order valence-electron chi connectivity index (χ0n) is 20.4. The first-order valence-electron chi connectivity index (χ1n) is 12.8. The lowest BCUT2D eigenvalue weighted by Crippen LogP contribution is -2.48. The molecule has 3 fully saturated rings. The number of benzene rings is 2. The zero-order valence-corrected chi connectivity index (χ0v) is 20.4. The van der Waals surface area contributed by atoms with Gasteiger partial charge < -0.3 is 4.74 Å². The van der Waals surface area contributed by atoms with Crippen LogP contribution in [0.5, 0.6) is 5.75 Å². The van der Waals surface area contributed by atoms with Gasteiger partial charge in [-0.15, -0.1) is 0 Å². The molecule has 0 spiro atoms. The molecule has 2 amide bonds. The van der Waals surface area contributed by atoms with E-state index in [9.17, 15) is 14.4 Å². The van der Waals surface area contributed by atoms with Crippen molar-refractivity contribution in [3.8, 4) is 5.75 Å². The Labute approximate surface area is 206 Å². The summed E-state index contributed by atoms with van der Waals surface area (Å²) in [6.07, 6.45) is 5.66. The van der Waals surface area contributed by atoms with Crippen molar-refractivity contribution in [2.75, 3.05) is 0 Å². The van der Waals surface area contributed by atoms with Crippen LogP contribution < -0.4 is 4.74 Å². The van der Waals surface area contributed by atoms with E-state index in [0.717, 1.165) is 23.1 Å². The molecule has 2 saturated carbocycles. The number of amides is 2. The van der Waals surface area contributed by atoms with E-state index >= 15 is 0 Å². The SMILES string of the molecule is Cc1ccc(C(C)C)c(OC(=O)[C@@H](Cc2ccccc2)N2C(=O)[C@H]3[C@@H]4C=C[C@H]([C@H]5C[C@H]45)[C@@H]3C2=O)c1. The van der Waals surface area contributed by atoms with Crippen LogP contribution in [0, 0.1) is 42.4 Å². The van der Waals surface area contributed by atoms with E-state index in [0.29, 0.717) is 17.6 Å². The van der Waals surface area contributed by atoms with Crippen molar-refractivity contribution >= 4 is 17.8 Å². The van der Waals surface area contributed by atoms with Gasteiger partial charge in [0.25, 0.3) is 0 Å². The van der Waals surface area contributed by atoms with Gasteiger partial charge in [-0.05, 0) is 65.7 Å². The Balaban J connectivity index is 1.35. The molecule has 180 valence electrons. The second kappa shape index (κ2) is 8.18. The molecule has 0 radical (unpaired) electrons. The number of ether oxygens (including phenoxy) is 1. The van der Waals surface area contributed by atoms with Crippen LogP contribution in [0.1, 0.15) is 42.9 Å². The number of imide groups is 1. The van der Waals surface area contributed by atoms with Crippen LogP contribution >= 0.6 is 0 Å². The Hall–Kier alpha value is -3.21. The average molecular weight is 470 g/mol. The molecule has 1 heterocycles. The molecule has 0 unspecified atom stereocenters. The van der Waals surface area contributed by atoms with E-state index < -0.39 is 12.0 Å². The van der Waals surface area contributed by atoms with E-state index in [4.69, 9.17) is 4.74 Å². The summed E-state index contributed by atoms with van der Waals surface area (Å²) in [5.41, 5.74) is 2.80. The lowest BCUT2D eigenvalue weighted by molar-refractivity contribution is -0.153. The molecule has 0 N–H and O–H groups in total. The van der Waals surface area contributed by atoms with Crippen LogP contribution in [-0.4, -0.2) is 28.7 Å². The van der Waals surface area contributed by atoms with Crippen molar-refractivity contribution in [3.63, 3.8) is 0 Å². The first-order chi connectivity index (χ1) is 16.8. The summed E-state index contributed by atoms with van der Waals surface area (Å²) in [6, 6.07) is 14.4. The number of aryl methyl sites for hydroxylation is 1. The largest absolute Gasteiger partial charge is 0.425 e. The van der Waals surface area contributed by atoms with Crippen LogP contribution in [-0.2, 0) is 20.8 Å². The minimum Gasteiger partial charge on any atom is -0.425 e. The zero-order chi connectivity index (χ0) is 24.4. The van der Waals surface area contributed by atoms with Crippen LogP contribution in [0.2, 0.25) is 0 Å². The van der Waals surface area contributed by atoms with E-state index in [1.807, 2.05) is 55.5 Å². The first kappa shape index (κ1) is 22.3. The summed E-state index contributed by atoms with van der Waals surface area (Å²) in [6.45, 7) is 6.06. The molecule has 35 heavy (non-hydrogen) atoms. The number of carbonyl (C=O) groups excluding carboxylic acids is 3. The van der Waals surface area contributed by atoms with Gasteiger partial charge in [0.1, 0.15) is 11.8 Å². The summed E-state index contributed by atoms with van der Waals surface area (Å²) in [5, 5.41) is 0. The van der Waals surface area contributed by atoms with Gasteiger partial charge in [0.15, 0.2) is 0 Å². The number of hydrogen-bond donors (Lipinski definition) is 0. The quantitative estimate of drug-likeness (QED) is 0.267. The molecule has 7 rings (SSSR count). The van der Waals surface area contributed by atoms with E-state index in [1.165, 1.54) is 4.90 Å². The maximum absolute atomic E-state index is 13.8. The highest BCUT2D eigenvalue weighted by Crippen LogP contribution is 2.65. The second-order valence-electron chi connectivity index (χ2n) is 11.0. The van der Waals surface area contributed by atoms with Gasteiger partial charge in [0.2, 0.25) is 11.8 Å². The number of allylic oxidation sites excluding steroid dienone is 2. The Morgan fingerprint density at radius 3 is 2.20 bits per heavy atom. The molecule has 2 bridgehead atoms. The van der Waals surface area contributed by atoms with Crippen LogP contribution in [0.25, 0.3) is 0 Å². The van der Waals surface area contributed by atoms with Crippen molar-refractivity contribution in [2.24, 2.45) is 35.5 Å². The van der Waals surface area contributed by atoms with E-state index in [1.54, 1.807) is 0 Å². The van der Waals surface area contributed by atoms with Gasteiger partial charge in [-0.25, -0.2) is 4.79 Å². The molecule has 1 saturated heterocycles. The minimum absolute atomic E-state index is 0.120. The molecule has 5 nitrogen and oxygen atoms in total. The lowest BCUT2D eigenvalue weighted by atomic mass is 9.63. The van der Waals surface area contributed by atoms with Crippen molar-refractivity contribution in [1.29, 1.82) is 0 Å². The summed E-state index contributed by atoms with van der Waals surface area (Å²) in [7, 11) is 0. The molecular weight excluding hydrogens is 438 g/mol. The van der Waals surface area contributed by atoms with Crippen molar-refractivity contribution in [1.82, 2.24) is 4.90 Å². The van der Waals surface area contributed by atoms with E-state index in [2.05, 4.69) is 26.0 Å². The number of nitrogens with zero attached hydrogens (tertiary/aromatic N) is 1. The average Bonchev–Trinajstić information content (AvgIpc) is 3.62. The number of carbonyl (C=O) groups is 3. The third-order valence-corrected chi connectivity index (χ3v) is 8.55. The Morgan fingerprint density at radius 1 is 0.971 bits per heavy atom. The fourth-order valence-electron chi connectivity index (χ4n) is 6.79. The Morgan fingerprint density at radius 2 is 1.60 bits per heavy atom. The number of esters is 1. The third-order valence-electron chi connectivity index (χ3n) is 8.55. The molecular formula is C30H31NO4. The highest BCUT2D eigenvalue weighted by atomic mass is 16.5. The predicted octanol–water partition coefficient (Wildman–Crippen LogP) is 4.69. The Bertz CT molecular complexity index is 1200. The maximum Gasteiger partial charge on any atom is 0.335 e. The lowest BCUT2D eigenvalue weighted by Gasteiger charge is -2.37. The standard InChI is InChI=1S/C30H31NO4/c1-16(2)19-10-9-17(3)13-25(19)35-30(34)24(14-18-7-5-4-6-8-18)31-28(32)26-20-11-12-21(23-15-22(20)23)27(26)29(31)33/h4-13,16,20-24,26-27H,14-15H2,1-3H3/t20-,21-,22-,23-,24-,26+,27+/m1/s1. The fraction of sp³-hybridized carbons (Fsp3) is 0.433. The Kier molecular flexibility index (Phi) is 5.21. The normalized spacial score (nSPS) is 30.9. The first-order valence-corrected chi connectivity index (χ1v) is 12.8. The molecule has 7 atom stereocenters. The smallest absolute Gasteiger partial charge is 0.335 e. The molecule has 5 aliphatic rings. The number of rotatable bonds is 6. The number of hydrogen-bond acceptors (Lipinski definition) is 4. The van der Waals surface area contributed by atoms with Crippen LogP contribution in [0.3, 0.4) is 0 Å². The monoisotopic (exact) mass is 469 g/mol. The van der Waals surface area contributed by atoms with Gasteiger partial charge in [-0.1, -0.05) is 68.5 Å². The van der Waals surface area contributed by atoms with Gasteiger partial charge >= 0.3 is 5.97 Å². The summed E-state index contributed by atoms with van der Waals surface area (Å²) in [5.74, 6) is 0.323. The molecule has 2 aromatic carbocycles. The molecule has 0 aromatic heterocycles. The van der Waals surface area contributed by atoms with Crippen LogP contribution in [0.4, 0.5) is 0 Å². The van der Waals surface area contributed by atoms with Crippen molar-refractivity contribution in [3.05, 3.63) is 77.4 Å². The van der Waals surface area contributed by atoms with Gasteiger partial charge in [0.05, 0.1) is 11.8 Å². The predicted molar refractivity (Wildman–Crippen MR) is 131 cm³/mol. The fourth-order valence-corrected chi connectivity index (χ4v) is 6.79. The minimum atomic E-state index is -0.987. The van der Waals surface area contributed by atoms with Gasteiger partial charge in [0, 0.05) is 6.42 Å². The second-order valence-corrected chi connectivity index (χ2v) is 11.0. The highest BCUT2D eigenvalue weighted by molar-refractivity contribution is 6.09. The van der Waals surface area contributed by atoms with Crippen LogP contribution in [0.15, 0.2) is 60.7 Å². The number of likely N-dealkylation sites (tertiary alicyclic amines) is 1. The van der Waals surface area contributed by atoms with Gasteiger partial charge in [-0.3, -0.25) is 14.5 Å². The highest BCUT2D eigenvalue weighted by Gasteiger charge is 2.68. The van der Waals surface area contributed by atoms with Crippen molar-refractivity contribution in [2.45, 2.75) is 45.6 Å².